The lowest BCUT2D eigenvalue weighted by Crippen LogP contribution is -2.35. The lowest BCUT2D eigenvalue weighted by molar-refractivity contribution is -0.137. The van der Waals surface area contributed by atoms with Crippen molar-refractivity contribution >= 4 is 28.3 Å². The second kappa shape index (κ2) is 9.82. The van der Waals surface area contributed by atoms with Crippen LogP contribution in [0.5, 0.6) is 5.75 Å². The molecule has 3 aromatic heterocycles. The highest BCUT2D eigenvalue weighted by Crippen LogP contribution is 2.30. The number of benzene rings is 1. The van der Waals surface area contributed by atoms with Crippen LogP contribution in [0, 0.1) is 6.92 Å². The van der Waals surface area contributed by atoms with Gasteiger partial charge in [-0.05, 0) is 48.7 Å². The molecule has 1 unspecified atom stereocenters. The first-order valence-corrected chi connectivity index (χ1v) is 11.2. The maximum absolute atomic E-state index is 12.8. The van der Waals surface area contributed by atoms with E-state index in [2.05, 4.69) is 15.4 Å². The number of aromatic nitrogens is 3. The Morgan fingerprint density at radius 2 is 2.03 bits per heavy atom. The predicted octanol–water partition coefficient (Wildman–Crippen LogP) is 4.04. The topological polar surface area (TPSA) is 89.3 Å². The molecule has 178 valence electrons. The number of aliphatic hydroxyl groups is 1. The minimum Gasteiger partial charge on any atom is -0.491 e. The van der Waals surface area contributed by atoms with Crippen LogP contribution < -0.4 is 10.1 Å². The summed E-state index contributed by atoms with van der Waals surface area (Å²) in [7, 11) is 0. The van der Waals surface area contributed by atoms with Crippen molar-refractivity contribution in [2.75, 3.05) is 13.2 Å². The molecule has 0 fully saturated rings. The number of rotatable bonds is 8. The first-order chi connectivity index (χ1) is 16.2. The Hall–Kier alpha value is -3.44. The summed E-state index contributed by atoms with van der Waals surface area (Å²) in [5.41, 5.74) is 0.836. The number of thiophene rings is 1. The summed E-state index contributed by atoms with van der Waals surface area (Å²) >= 11 is 1.60. The van der Waals surface area contributed by atoms with E-state index in [1.807, 2.05) is 17.5 Å². The fraction of sp³-hybridized carbons (Fsp3) is 0.261. The molecule has 7 nitrogen and oxygen atoms in total. The zero-order valence-electron chi connectivity index (χ0n) is 18.0. The van der Waals surface area contributed by atoms with Gasteiger partial charge in [0.15, 0.2) is 5.65 Å². The minimum atomic E-state index is -4.43. The van der Waals surface area contributed by atoms with E-state index in [-0.39, 0.29) is 18.9 Å². The van der Waals surface area contributed by atoms with Gasteiger partial charge in [-0.3, -0.25) is 4.79 Å². The van der Waals surface area contributed by atoms with Gasteiger partial charge in [0.05, 0.1) is 29.3 Å². The molecular formula is C23H21F3N4O3S. The van der Waals surface area contributed by atoms with Crippen molar-refractivity contribution in [1.29, 1.82) is 0 Å². The van der Waals surface area contributed by atoms with Crippen molar-refractivity contribution in [3.8, 4) is 5.75 Å². The fourth-order valence-electron chi connectivity index (χ4n) is 3.32. The van der Waals surface area contributed by atoms with Crippen molar-refractivity contribution in [3.63, 3.8) is 0 Å². The van der Waals surface area contributed by atoms with Crippen LogP contribution in [0.4, 0.5) is 13.2 Å². The smallest absolute Gasteiger partial charge is 0.416 e. The molecule has 0 radical (unpaired) electrons. The fourth-order valence-corrected chi connectivity index (χ4v) is 4.01. The molecule has 0 bridgehead atoms. The summed E-state index contributed by atoms with van der Waals surface area (Å²) in [4.78, 5) is 18.4. The number of aryl methyl sites for hydroxylation is 1. The van der Waals surface area contributed by atoms with E-state index in [9.17, 15) is 23.1 Å². The number of nitrogens with one attached hydrogen (secondary N) is 1. The Kier molecular flexibility index (Phi) is 6.85. The third-order valence-corrected chi connectivity index (χ3v) is 5.85. The molecule has 11 heteroatoms. The molecule has 34 heavy (non-hydrogen) atoms. The molecule has 4 rings (SSSR count). The quantitative estimate of drug-likeness (QED) is 0.389. The second-order valence-corrected chi connectivity index (χ2v) is 8.66. The predicted molar refractivity (Wildman–Crippen MR) is 121 cm³/mol. The zero-order valence-corrected chi connectivity index (χ0v) is 18.9. The van der Waals surface area contributed by atoms with Crippen LogP contribution in [-0.4, -0.2) is 45.0 Å². The van der Waals surface area contributed by atoms with Gasteiger partial charge in [0.1, 0.15) is 18.5 Å². The number of carbonyl (C=O) groups excluding carboxylic acids is 1. The molecular weight excluding hydrogens is 469 g/mol. The van der Waals surface area contributed by atoms with Gasteiger partial charge in [-0.25, -0.2) is 9.67 Å². The molecule has 0 saturated heterocycles. The van der Waals surface area contributed by atoms with E-state index in [1.165, 1.54) is 12.1 Å². The van der Waals surface area contributed by atoms with Crippen LogP contribution in [0.2, 0.25) is 0 Å². The number of alkyl halides is 3. The molecule has 1 amide bonds. The summed E-state index contributed by atoms with van der Waals surface area (Å²) in [5.74, 6) is -0.220. The average molecular weight is 491 g/mol. The number of hydrogen-bond acceptors (Lipinski definition) is 6. The van der Waals surface area contributed by atoms with Crippen LogP contribution in [0.15, 0.2) is 54.0 Å². The van der Waals surface area contributed by atoms with Crippen molar-refractivity contribution in [1.82, 2.24) is 20.1 Å². The normalized spacial score (nSPS) is 12.6. The number of nitrogens with zero attached hydrogens (tertiary/aromatic N) is 3. The molecule has 1 aromatic carbocycles. The number of pyridine rings is 1. The van der Waals surface area contributed by atoms with Gasteiger partial charge in [0.25, 0.3) is 5.91 Å². The van der Waals surface area contributed by atoms with Crippen LogP contribution >= 0.6 is 11.3 Å². The van der Waals surface area contributed by atoms with Gasteiger partial charge in [0, 0.05) is 17.1 Å². The Labute approximate surface area is 196 Å². The molecule has 0 aliphatic rings. The monoisotopic (exact) mass is 490 g/mol. The van der Waals surface area contributed by atoms with E-state index in [4.69, 9.17) is 4.74 Å². The molecule has 0 aliphatic carbocycles. The summed E-state index contributed by atoms with van der Waals surface area (Å²) in [6.07, 6.45) is -3.90. The van der Waals surface area contributed by atoms with Crippen molar-refractivity contribution in [3.05, 3.63) is 75.7 Å². The Balaban J connectivity index is 1.37. The van der Waals surface area contributed by atoms with Gasteiger partial charge in [-0.1, -0.05) is 6.07 Å². The van der Waals surface area contributed by atoms with Gasteiger partial charge in [-0.2, -0.15) is 18.3 Å². The third kappa shape index (κ3) is 5.54. The third-order valence-electron chi connectivity index (χ3n) is 4.99. The molecule has 1 atom stereocenters. The number of ether oxygens (including phenoxy) is 1. The Bertz CT molecular complexity index is 1270. The van der Waals surface area contributed by atoms with E-state index >= 15 is 0 Å². The molecule has 3 heterocycles. The number of carbonyl (C=O) groups is 1. The highest BCUT2D eigenvalue weighted by molar-refractivity contribution is 7.09. The van der Waals surface area contributed by atoms with Gasteiger partial charge in [0.2, 0.25) is 0 Å². The number of aliphatic hydroxyl groups excluding tert-OH is 1. The van der Waals surface area contributed by atoms with Crippen LogP contribution in [0.1, 0.15) is 26.5 Å². The number of amides is 1. The number of hydrogen-bond donors (Lipinski definition) is 2. The van der Waals surface area contributed by atoms with E-state index in [0.717, 1.165) is 17.0 Å². The Morgan fingerprint density at radius 1 is 1.26 bits per heavy atom. The maximum atomic E-state index is 12.8. The molecule has 4 aromatic rings. The summed E-state index contributed by atoms with van der Waals surface area (Å²) in [6.45, 7) is 2.02. The molecule has 2 N–H and O–H groups in total. The largest absolute Gasteiger partial charge is 0.491 e. The lowest BCUT2D eigenvalue weighted by Gasteiger charge is -2.14. The first-order valence-electron chi connectivity index (χ1n) is 10.3. The van der Waals surface area contributed by atoms with E-state index < -0.39 is 23.8 Å². The van der Waals surface area contributed by atoms with Crippen LogP contribution in [0.25, 0.3) is 11.0 Å². The standard InChI is InChI=1S/C23H21F3N4O3S/c1-14-9-19(20-11-28-30(21(20)29-14)12-18-3-2-8-34-18)22(32)27-10-16(31)13-33-17-6-4-15(5-7-17)23(24,25)26/h2-9,11,16,31H,10,12-13H2,1H3,(H,27,32). The molecule has 0 saturated carbocycles. The van der Waals surface area contributed by atoms with Crippen LogP contribution in [0.3, 0.4) is 0 Å². The lowest BCUT2D eigenvalue weighted by atomic mass is 10.1. The minimum absolute atomic E-state index is 0.105. The van der Waals surface area contributed by atoms with Gasteiger partial charge >= 0.3 is 6.18 Å². The second-order valence-electron chi connectivity index (χ2n) is 7.63. The van der Waals surface area contributed by atoms with Gasteiger partial charge < -0.3 is 15.2 Å². The van der Waals surface area contributed by atoms with Crippen molar-refractivity contribution < 1.29 is 27.8 Å². The van der Waals surface area contributed by atoms with E-state index in [1.54, 1.807) is 35.2 Å². The summed E-state index contributed by atoms with van der Waals surface area (Å²) in [6, 6.07) is 9.76. The number of halogens is 3. The van der Waals surface area contributed by atoms with Gasteiger partial charge in [-0.15, -0.1) is 11.3 Å². The molecule has 0 spiro atoms. The van der Waals surface area contributed by atoms with E-state index in [0.29, 0.717) is 28.8 Å². The zero-order chi connectivity index (χ0) is 24.3. The van der Waals surface area contributed by atoms with Crippen LogP contribution in [-0.2, 0) is 12.7 Å². The highest BCUT2D eigenvalue weighted by atomic mass is 32.1. The van der Waals surface area contributed by atoms with Crippen molar-refractivity contribution in [2.45, 2.75) is 25.7 Å². The maximum Gasteiger partial charge on any atom is 0.416 e. The Morgan fingerprint density at radius 3 is 2.71 bits per heavy atom. The summed E-state index contributed by atoms with van der Waals surface area (Å²) < 4.78 is 44.9. The van der Waals surface area contributed by atoms with Crippen molar-refractivity contribution in [2.24, 2.45) is 0 Å². The summed E-state index contributed by atoms with van der Waals surface area (Å²) in [5, 5.41) is 19.8. The first kappa shape index (κ1) is 23.7. The highest BCUT2D eigenvalue weighted by Gasteiger charge is 2.30. The average Bonchev–Trinajstić information content (AvgIpc) is 3.46. The SMILES string of the molecule is Cc1cc(C(=O)NCC(O)COc2ccc(C(F)(F)F)cc2)c2cnn(Cc3cccs3)c2n1. The molecule has 0 aliphatic heterocycles. The number of fused-ring (bicyclic) bond motifs is 1.